The van der Waals surface area contributed by atoms with Crippen LogP contribution in [0, 0.1) is 12.8 Å². The predicted octanol–water partition coefficient (Wildman–Crippen LogP) is 0.629. The van der Waals surface area contributed by atoms with Gasteiger partial charge in [-0.1, -0.05) is 12.2 Å². The zero-order valence-electron chi connectivity index (χ0n) is 11.7. The zero-order chi connectivity index (χ0) is 13.8. The molecule has 1 unspecified atom stereocenters. The number of hydrogen-bond acceptors (Lipinski definition) is 3. The number of nitrogens with zero attached hydrogens (tertiary/aromatic N) is 4. The molecule has 0 radical (unpaired) electrons. The summed E-state index contributed by atoms with van der Waals surface area (Å²) in [7, 11) is 0. The summed E-state index contributed by atoms with van der Waals surface area (Å²) in [6, 6.07) is 0. The molecule has 0 bridgehead atoms. The van der Waals surface area contributed by atoms with Crippen molar-refractivity contribution in [3.8, 4) is 0 Å². The van der Waals surface area contributed by atoms with E-state index in [-0.39, 0.29) is 0 Å². The Morgan fingerprint density at radius 3 is 3.11 bits per heavy atom. The lowest BCUT2D eigenvalue weighted by Crippen LogP contribution is -2.38. The fourth-order valence-corrected chi connectivity index (χ4v) is 2.22. The van der Waals surface area contributed by atoms with Gasteiger partial charge in [-0.3, -0.25) is 0 Å². The van der Waals surface area contributed by atoms with Gasteiger partial charge < -0.3 is 15.6 Å². The van der Waals surface area contributed by atoms with Crippen LogP contribution < -0.4 is 11.1 Å². The molecule has 2 heterocycles. The first-order valence-corrected chi connectivity index (χ1v) is 6.63. The first-order valence-electron chi connectivity index (χ1n) is 6.63. The standard InChI is InChI=1S/C13H22N6/c1-9(2)6-15-13(14)16-7-11-4-5-12-18-17-10(3)19(12)8-11/h11H,1,4-8H2,2-3H3,(H3,14,15,16). The van der Waals surface area contributed by atoms with Crippen LogP contribution >= 0.6 is 0 Å². The molecule has 0 aromatic carbocycles. The molecule has 6 nitrogen and oxygen atoms in total. The summed E-state index contributed by atoms with van der Waals surface area (Å²) in [5.74, 6) is 3.12. The van der Waals surface area contributed by atoms with Gasteiger partial charge >= 0.3 is 0 Å². The maximum Gasteiger partial charge on any atom is 0.188 e. The maximum absolute atomic E-state index is 5.81. The van der Waals surface area contributed by atoms with Crippen LogP contribution in [0.3, 0.4) is 0 Å². The van der Waals surface area contributed by atoms with Crippen LogP contribution in [-0.2, 0) is 13.0 Å². The van der Waals surface area contributed by atoms with E-state index in [0.717, 1.165) is 43.2 Å². The van der Waals surface area contributed by atoms with Gasteiger partial charge in [0.25, 0.3) is 0 Å². The van der Waals surface area contributed by atoms with Gasteiger partial charge in [0.2, 0.25) is 0 Å². The van der Waals surface area contributed by atoms with E-state index in [2.05, 4.69) is 31.7 Å². The zero-order valence-corrected chi connectivity index (χ0v) is 11.7. The lowest BCUT2D eigenvalue weighted by molar-refractivity contribution is 0.359. The Morgan fingerprint density at radius 1 is 1.58 bits per heavy atom. The third-order valence-corrected chi connectivity index (χ3v) is 3.32. The highest BCUT2D eigenvalue weighted by molar-refractivity contribution is 5.77. The predicted molar refractivity (Wildman–Crippen MR) is 75.9 cm³/mol. The first-order chi connectivity index (χ1) is 9.06. The van der Waals surface area contributed by atoms with Crippen molar-refractivity contribution in [2.75, 3.05) is 13.1 Å². The quantitative estimate of drug-likeness (QED) is 0.474. The van der Waals surface area contributed by atoms with Crippen LogP contribution in [0.2, 0.25) is 0 Å². The highest BCUT2D eigenvalue weighted by Crippen LogP contribution is 2.18. The van der Waals surface area contributed by atoms with Crippen molar-refractivity contribution in [2.45, 2.75) is 33.2 Å². The van der Waals surface area contributed by atoms with Gasteiger partial charge in [-0.25, -0.2) is 4.99 Å². The molecule has 19 heavy (non-hydrogen) atoms. The Bertz CT molecular complexity index is 487. The van der Waals surface area contributed by atoms with Gasteiger partial charge in [0, 0.05) is 19.5 Å². The molecule has 1 atom stereocenters. The van der Waals surface area contributed by atoms with E-state index in [1.807, 2.05) is 13.8 Å². The number of nitrogens with two attached hydrogens (primary N) is 1. The Balaban J connectivity index is 1.84. The monoisotopic (exact) mass is 262 g/mol. The van der Waals surface area contributed by atoms with Crippen LogP contribution in [0.25, 0.3) is 0 Å². The second-order valence-corrected chi connectivity index (χ2v) is 5.22. The molecule has 0 aliphatic carbocycles. The third-order valence-electron chi connectivity index (χ3n) is 3.32. The highest BCUT2D eigenvalue weighted by atomic mass is 15.3. The molecule has 2 rings (SSSR count). The van der Waals surface area contributed by atoms with Crippen LogP contribution in [-0.4, -0.2) is 33.8 Å². The minimum absolute atomic E-state index is 0.495. The fraction of sp³-hybridized carbons (Fsp3) is 0.615. The smallest absolute Gasteiger partial charge is 0.188 e. The van der Waals surface area contributed by atoms with E-state index in [1.54, 1.807) is 0 Å². The van der Waals surface area contributed by atoms with Crippen molar-refractivity contribution < 1.29 is 0 Å². The molecule has 6 heteroatoms. The molecule has 1 aromatic rings. The molecule has 0 fully saturated rings. The number of rotatable bonds is 4. The summed E-state index contributed by atoms with van der Waals surface area (Å²) >= 11 is 0. The van der Waals surface area contributed by atoms with E-state index in [4.69, 9.17) is 5.73 Å². The van der Waals surface area contributed by atoms with Gasteiger partial charge in [0.1, 0.15) is 11.6 Å². The molecule has 3 N–H and O–H groups in total. The summed E-state index contributed by atoms with van der Waals surface area (Å²) in [5, 5.41) is 11.5. The minimum atomic E-state index is 0.495. The second kappa shape index (κ2) is 5.86. The Labute approximate surface area is 113 Å². The molecule has 0 saturated heterocycles. The van der Waals surface area contributed by atoms with E-state index < -0.39 is 0 Å². The molecule has 1 aromatic heterocycles. The summed E-state index contributed by atoms with van der Waals surface area (Å²) in [4.78, 5) is 4.21. The van der Waals surface area contributed by atoms with Crippen molar-refractivity contribution >= 4 is 5.96 Å². The number of aromatic nitrogens is 3. The Morgan fingerprint density at radius 2 is 2.37 bits per heavy atom. The molecule has 1 aliphatic heterocycles. The summed E-state index contributed by atoms with van der Waals surface area (Å²) < 4.78 is 2.19. The maximum atomic E-state index is 5.81. The molecular formula is C13H22N6. The Hall–Kier alpha value is -1.85. The van der Waals surface area contributed by atoms with Gasteiger partial charge in [0.05, 0.1) is 6.54 Å². The van der Waals surface area contributed by atoms with E-state index in [1.165, 1.54) is 0 Å². The van der Waals surface area contributed by atoms with Crippen LogP contribution in [0.5, 0.6) is 0 Å². The van der Waals surface area contributed by atoms with Crippen LogP contribution in [0.15, 0.2) is 17.1 Å². The average molecular weight is 262 g/mol. The molecule has 0 amide bonds. The molecule has 1 aliphatic rings. The number of fused-ring (bicyclic) bond motifs is 1. The van der Waals surface area contributed by atoms with Crippen molar-refractivity contribution in [2.24, 2.45) is 16.6 Å². The van der Waals surface area contributed by atoms with Crippen molar-refractivity contribution in [3.63, 3.8) is 0 Å². The van der Waals surface area contributed by atoms with Crippen molar-refractivity contribution in [3.05, 3.63) is 23.8 Å². The van der Waals surface area contributed by atoms with E-state index in [9.17, 15) is 0 Å². The van der Waals surface area contributed by atoms with E-state index in [0.29, 0.717) is 18.4 Å². The van der Waals surface area contributed by atoms with Crippen LogP contribution in [0.1, 0.15) is 25.0 Å². The van der Waals surface area contributed by atoms with Crippen LogP contribution in [0.4, 0.5) is 0 Å². The third kappa shape index (κ3) is 3.56. The summed E-state index contributed by atoms with van der Waals surface area (Å²) in [6.07, 6.45) is 2.09. The SMILES string of the molecule is C=C(C)CN=C(N)NCC1CCc2nnc(C)n2C1. The molecular weight excluding hydrogens is 240 g/mol. The highest BCUT2D eigenvalue weighted by Gasteiger charge is 2.21. The molecule has 104 valence electrons. The van der Waals surface area contributed by atoms with Crippen molar-refractivity contribution in [1.82, 2.24) is 20.1 Å². The van der Waals surface area contributed by atoms with E-state index >= 15 is 0 Å². The number of hydrogen-bond donors (Lipinski definition) is 2. The van der Waals surface area contributed by atoms with Crippen molar-refractivity contribution in [1.29, 1.82) is 0 Å². The second-order valence-electron chi connectivity index (χ2n) is 5.22. The Kier molecular flexibility index (Phi) is 4.19. The number of aliphatic imine (C=N–C) groups is 1. The van der Waals surface area contributed by atoms with Gasteiger partial charge in [-0.05, 0) is 26.2 Å². The van der Waals surface area contributed by atoms with Gasteiger partial charge in [-0.15, -0.1) is 10.2 Å². The topological polar surface area (TPSA) is 81.1 Å². The molecule has 0 saturated carbocycles. The number of aryl methyl sites for hydroxylation is 2. The average Bonchev–Trinajstić information content (AvgIpc) is 2.75. The van der Waals surface area contributed by atoms with Gasteiger partial charge in [0.15, 0.2) is 5.96 Å². The first kappa shape index (κ1) is 13.6. The van der Waals surface area contributed by atoms with Gasteiger partial charge in [-0.2, -0.15) is 0 Å². The minimum Gasteiger partial charge on any atom is -0.370 e. The summed E-state index contributed by atoms with van der Waals surface area (Å²) in [5.41, 5.74) is 6.82. The number of nitrogens with one attached hydrogen (secondary N) is 1. The summed E-state index contributed by atoms with van der Waals surface area (Å²) in [6.45, 7) is 10.1. The normalized spacial score (nSPS) is 19.1. The lowest BCUT2D eigenvalue weighted by Gasteiger charge is -2.24. The molecule has 0 spiro atoms. The largest absolute Gasteiger partial charge is 0.370 e. The number of guanidine groups is 1. The lowest BCUT2D eigenvalue weighted by atomic mass is 9.99. The fourth-order valence-electron chi connectivity index (χ4n) is 2.22.